The van der Waals surface area contributed by atoms with Crippen molar-refractivity contribution < 1.29 is 4.79 Å². The number of rotatable bonds is 3. The lowest BCUT2D eigenvalue weighted by atomic mass is 9.67. The average Bonchev–Trinajstić information content (AvgIpc) is 2.37. The Morgan fingerprint density at radius 1 is 1.16 bits per heavy atom. The number of carbonyl (C=O) groups excluding carboxylic acids is 1. The largest absolute Gasteiger partial charge is 0.350 e. The Hall–Kier alpha value is -0.280. The van der Waals surface area contributed by atoms with Crippen LogP contribution >= 0.6 is 12.4 Å². The van der Waals surface area contributed by atoms with E-state index >= 15 is 0 Å². The number of fused-ring (bicyclic) bond motifs is 1. The van der Waals surface area contributed by atoms with Crippen molar-refractivity contribution in [3.05, 3.63) is 0 Å². The molecule has 0 aromatic heterocycles. The molecule has 2 fully saturated rings. The van der Waals surface area contributed by atoms with Crippen LogP contribution in [0.4, 0.5) is 0 Å². The molecule has 3 atom stereocenters. The number of halogens is 1. The van der Waals surface area contributed by atoms with Crippen LogP contribution in [0.2, 0.25) is 0 Å². The molecule has 0 saturated heterocycles. The molecule has 0 heterocycles. The molecule has 0 aliphatic heterocycles. The Morgan fingerprint density at radius 2 is 1.79 bits per heavy atom. The van der Waals surface area contributed by atoms with E-state index in [-0.39, 0.29) is 29.8 Å². The van der Waals surface area contributed by atoms with Crippen LogP contribution in [0.15, 0.2) is 0 Å². The molecule has 0 aromatic rings. The molecule has 0 spiro atoms. The minimum Gasteiger partial charge on any atom is -0.350 e. The zero-order chi connectivity index (χ0) is 13.2. The molecule has 4 heteroatoms. The van der Waals surface area contributed by atoms with E-state index in [4.69, 9.17) is 5.73 Å². The first kappa shape index (κ1) is 16.8. The van der Waals surface area contributed by atoms with E-state index in [0.717, 1.165) is 24.7 Å². The smallest absolute Gasteiger partial charge is 0.223 e. The fourth-order valence-electron chi connectivity index (χ4n) is 3.60. The Morgan fingerprint density at radius 3 is 2.42 bits per heavy atom. The minimum absolute atomic E-state index is 0. The van der Waals surface area contributed by atoms with Gasteiger partial charge in [0.25, 0.3) is 0 Å². The van der Waals surface area contributed by atoms with Gasteiger partial charge in [-0.25, -0.2) is 0 Å². The first-order chi connectivity index (χ1) is 8.52. The van der Waals surface area contributed by atoms with Crippen LogP contribution in [0.25, 0.3) is 0 Å². The maximum atomic E-state index is 12.3. The Balaban J connectivity index is 0.00000180. The van der Waals surface area contributed by atoms with Crippen LogP contribution in [0.3, 0.4) is 0 Å². The van der Waals surface area contributed by atoms with E-state index in [0.29, 0.717) is 6.54 Å². The number of hydrogen-bond acceptors (Lipinski definition) is 2. The summed E-state index contributed by atoms with van der Waals surface area (Å²) in [5, 5.41) is 3.11. The molecular formula is C15H29ClN2O. The third kappa shape index (κ3) is 4.35. The van der Waals surface area contributed by atoms with Gasteiger partial charge in [-0.1, -0.05) is 25.7 Å². The van der Waals surface area contributed by atoms with E-state index in [2.05, 4.69) is 5.32 Å². The molecule has 2 saturated carbocycles. The molecule has 3 N–H and O–H groups in total. The molecule has 2 aliphatic carbocycles. The highest BCUT2D eigenvalue weighted by Gasteiger charge is 2.36. The molecule has 2 aliphatic rings. The first-order valence-corrected chi connectivity index (χ1v) is 7.54. The van der Waals surface area contributed by atoms with Gasteiger partial charge in [0, 0.05) is 18.0 Å². The van der Waals surface area contributed by atoms with E-state index in [1.807, 2.05) is 13.8 Å². The number of amides is 1. The SMILES string of the molecule is CC(C)(CN)NC(=O)C1CCC2CCCCC2C1.Cl. The summed E-state index contributed by atoms with van der Waals surface area (Å²) in [6.45, 7) is 4.49. The molecule has 0 bridgehead atoms. The van der Waals surface area contributed by atoms with Crippen molar-refractivity contribution in [2.24, 2.45) is 23.5 Å². The summed E-state index contributed by atoms with van der Waals surface area (Å²) in [6, 6.07) is 0. The van der Waals surface area contributed by atoms with Gasteiger partial charge < -0.3 is 11.1 Å². The fraction of sp³-hybridized carbons (Fsp3) is 0.933. The van der Waals surface area contributed by atoms with Crippen LogP contribution in [0.1, 0.15) is 58.8 Å². The topological polar surface area (TPSA) is 55.1 Å². The van der Waals surface area contributed by atoms with Crippen molar-refractivity contribution in [1.29, 1.82) is 0 Å². The van der Waals surface area contributed by atoms with Crippen LogP contribution < -0.4 is 11.1 Å². The van der Waals surface area contributed by atoms with Gasteiger partial charge in [-0.3, -0.25) is 4.79 Å². The van der Waals surface area contributed by atoms with Crippen molar-refractivity contribution in [1.82, 2.24) is 5.32 Å². The maximum absolute atomic E-state index is 12.3. The molecule has 112 valence electrons. The van der Waals surface area contributed by atoms with E-state index in [1.54, 1.807) is 0 Å². The zero-order valence-electron chi connectivity index (χ0n) is 12.3. The summed E-state index contributed by atoms with van der Waals surface area (Å²) < 4.78 is 0. The van der Waals surface area contributed by atoms with Gasteiger partial charge in [-0.2, -0.15) is 0 Å². The summed E-state index contributed by atoms with van der Waals surface area (Å²) in [5.74, 6) is 2.18. The predicted octanol–water partition coefficient (Wildman–Crippen LogP) is 2.87. The summed E-state index contributed by atoms with van der Waals surface area (Å²) in [4.78, 5) is 12.3. The van der Waals surface area contributed by atoms with Gasteiger partial charge in [0.1, 0.15) is 0 Å². The Bertz CT molecular complexity index is 307. The van der Waals surface area contributed by atoms with Crippen molar-refractivity contribution >= 4 is 18.3 Å². The predicted molar refractivity (Wildman–Crippen MR) is 81.3 cm³/mol. The lowest BCUT2D eigenvalue weighted by molar-refractivity contribution is -0.128. The zero-order valence-corrected chi connectivity index (χ0v) is 13.1. The third-order valence-corrected chi connectivity index (χ3v) is 4.88. The summed E-state index contributed by atoms with van der Waals surface area (Å²) in [5.41, 5.74) is 5.41. The second kappa shape index (κ2) is 6.94. The second-order valence-electron chi connectivity index (χ2n) is 6.89. The lowest BCUT2D eigenvalue weighted by Crippen LogP contribution is -2.51. The quantitative estimate of drug-likeness (QED) is 0.839. The monoisotopic (exact) mass is 288 g/mol. The molecule has 0 radical (unpaired) electrons. The number of carbonyl (C=O) groups is 1. The van der Waals surface area contributed by atoms with Gasteiger partial charge in [0.2, 0.25) is 5.91 Å². The molecular weight excluding hydrogens is 260 g/mol. The Labute approximate surface area is 123 Å². The highest BCUT2D eigenvalue weighted by atomic mass is 35.5. The maximum Gasteiger partial charge on any atom is 0.223 e. The first-order valence-electron chi connectivity index (χ1n) is 7.54. The van der Waals surface area contributed by atoms with E-state index < -0.39 is 0 Å². The van der Waals surface area contributed by atoms with E-state index in [1.165, 1.54) is 32.1 Å². The highest BCUT2D eigenvalue weighted by molar-refractivity contribution is 5.85. The molecule has 3 nitrogen and oxygen atoms in total. The van der Waals surface area contributed by atoms with Crippen LogP contribution in [0, 0.1) is 17.8 Å². The van der Waals surface area contributed by atoms with Crippen LogP contribution in [-0.2, 0) is 4.79 Å². The second-order valence-corrected chi connectivity index (χ2v) is 6.89. The van der Waals surface area contributed by atoms with Gasteiger partial charge in [0.15, 0.2) is 0 Å². The molecule has 0 aromatic carbocycles. The summed E-state index contributed by atoms with van der Waals surface area (Å²) in [6.07, 6.45) is 8.95. The van der Waals surface area contributed by atoms with Crippen molar-refractivity contribution in [2.45, 2.75) is 64.3 Å². The van der Waals surface area contributed by atoms with Gasteiger partial charge in [0.05, 0.1) is 0 Å². The minimum atomic E-state index is -0.263. The van der Waals surface area contributed by atoms with Crippen molar-refractivity contribution in [2.75, 3.05) is 6.54 Å². The molecule has 1 amide bonds. The number of hydrogen-bond donors (Lipinski definition) is 2. The fourth-order valence-corrected chi connectivity index (χ4v) is 3.60. The summed E-state index contributed by atoms with van der Waals surface area (Å²) >= 11 is 0. The van der Waals surface area contributed by atoms with Gasteiger partial charge in [-0.15, -0.1) is 12.4 Å². The average molecular weight is 289 g/mol. The lowest BCUT2D eigenvalue weighted by Gasteiger charge is -2.39. The molecule has 2 rings (SSSR count). The summed E-state index contributed by atoms with van der Waals surface area (Å²) in [7, 11) is 0. The van der Waals surface area contributed by atoms with Crippen molar-refractivity contribution in [3.8, 4) is 0 Å². The number of nitrogens with two attached hydrogens (primary N) is 1. The van der Waals surface area contributed by atoms with Gasteiger partial charge in [-0.05, 0) is 44.9 Å². The highest BCUT2D eigenvalue weighted by Crippen LogP contribution is 2.42. The van der Waals surface area contributed by atoms with E-state index in [9.17, 15) is 4.79 Å². The van der Waals surface area contributed by atoms with Crippen LogP contribution in [0.5, 0.6) is 0 Å². The Kier molecular flexibility index (Phi) is 6.13. The third-order valence-electron chi connectivity index (χ3n) is 4.88. The molecule has 19 heavy (non-hydrogen) atoms. The van der Waals surface area contributed by atoms with Crippen LogP contribution in [-0.4, -0.2) is 18.0 Å². The normalized spacial score (nSPS) is 31.0. The molecule has 3 unspecified atom stereocenters. The number of nitrogens with one attached hydrogen (secondary N) is 1. The van der Waals surface area contributed by atoms with Gasteiger partial charge >= 0.3 is 0 Å². The van der Waals surface area contributed by atoms with Crippen molar-refractivity contribution in [3.63, 3.8) is 0 Å². The standard InChI is InChI=1S/C15H28N2O.ClH/c1-15(2,10-16)17-14(18)13-8-7-11-5-3-4-6-12(11)9-13;/h11-13H,3-10,16H2,1-2H3,(H,17,18);1H.